The van der Waals surface area contributed by atoms with E-state index in [2.05, 4.69) is 0 Å². The second kappa shape index (κ2) is 4.21. The molecule has 0 fully saturated rings. The molecule has 0 aromatic heterocycles. The molecular weight excluding hydrogens is 148 g/mol. The van der Waals surface area contributed by atoms with Gasteiger partial charge in [0, 0.05) is 0 Å². The molecule has 0 rings (SSSR count). The van der Waals surface area contributed by atoms with Crippen molar-refractivity contribution in [1.82, 2.24) is 0 Å². The van der Waals surface area contributed by atoms with Crippen LogP contribution in [0.25, 0.3) is 0 Å². The molecule has 0 aliphatic carbocycles. The Kier molecular flexibility index (Phi) is 4.70. The van der Waals surface area contributed by atoms with Crippen molar-refractivity contribution in [2.45, 2.75) is 0 Å². The molecule has 10 heavy (non-hydrogen) atoms. The van der Waals surface area contributed by atoms with Crippen molar-refractivity contribution in [3.8, 4) is 24.3 Å². The van der Waals surface area contributed by atoms with Crippen molar-refractivity contribution in [1.29, 1.82) is 21.0 Å². The molecule has 0 unspecified atom stereocenters. The summed E-state index contributed by atoms with van der Waals surface area (Å²) in [6.07, 6.45) is 0. The minimum Gasteiger partial charge on any atom is -0.197 e. The first-order chi connectivity index (χ1) is 4.24. The normalized spacial score (nSPS) is 6.80. The van der Waals surface area contributed by atoms with Gasteiger partial charge in [-0.15, -0.1) is 0 Å². The molecule has 0 spiro atoms. The molecule has 4 nitrogen and oxygen atoms in total. The zero-order valence-corrected chi connectivity index (χ0v) is 5.79. The van der Waals surface area contributed by atoms with E-state index in [0.29, 0.717) is 0 Å². The first-order valence-corrected chi connectivity index (χ1v) is 1.89. The van der Waals surface area contributed by atoms with E-state index in [1.165, 1.54) is 24.3 Å². The number of rotatable bonds is 0. The van der Waals surface area contributed by atoms with Gasteiger partial charge in [-0.2, -0.15) is 34.5 Å². The molecule has 0 atom stereocenters. The van der Waals surface area contributed by atoms with Crippen LogP contribution in [0.4, 0.5) is 0 Å². The van der Waals surface area contributed by atoms with Crippen molar-refractivity contribution in [3.05, 3.63) is 0 Å². The summed E-state index contributed by atoms with van der Waals surface area (Å²) in [5, 5.41) is 32.2. The molecule has 0 radical (unpaired) electrons. The first kappa shape index (κ1) is 11.2. The van der Waals surface area contributed by atoms with E-state index in [4.69, 9.17) is 21.0 Å². The van der Waals surface area contributed by atoms with Crippen LogP contribution >= 0.6 is 13.5 Å². The van der Waals surface area contributed by atoms with Gasteiger partial charge < -0.3 is 0 Å². The molecule has 0 N–H and O–H groups in total. The minimum absolute atomic E-state index is 0. The van der Waals surface area contributed by atoms with Crippen LogP contribution in [0.5, 0.6) is 0 Å². The molecule has 0 saturated carbocycles. The van der Waals surface area contributed by atoms with Crippen molar-refractivity contribution in [2.75, 3.05) is 0 Å². The Balaban J connectivity index is 0. The molecule has 5 heteroatoms. The van der Waals surface area contributed by atoms with Crippen molar-refractivity contribution in [2.24, 2.45) is 5.41 Å². The zero-order valence-electron chi connectivity index (χ0n) is 4.79. The van der Waals surface area contributed by atoms with Crippen LogP contribution in [0.2, 0.25) is 0 Å². The molecule has 0 saturated heterocycles. The van der Waals surface area contributed by atoms with Crippen LogP contribution in [0.15, 0.2) is 0 Å². The monoisotopic (exact) mass is 150 g/mol. The van der Waals surface area contributed by atoms with Crippen LogP contribution in [-0.4, -0.2) is 0 Å². The van der Waals surface area contributed by atoms with E-state index in [1.54, 1.807) is 0 Å². The fourth-order valence-electron chi connectivity index (χ4n) is 0.150. The predicted octanol–water partition coefficient (Wildman–Crippen LogP) is 0.180. The molecule has 0 aliphatic heterocycles. The van der Waals surface area contributed by atoms with Gasteiger partial charge in [-0.1, -0.05) is 0 Å². The van der Waals surface area contributed by atoms with Crippen LogP contribution < -0.4 is 0 Å². The lowest BCUT2D eigenvalue weighted by atomic mass is 9.97. The second-order valence-electron chi connectivity index (χ2n) is 1.20. The third kappa shape index (κ3) is 1.67. The van der Waals surface area contributed by atoms with Gasteiger partial charge in [0.05, 0.1) is 0 Å². The van der Waals surface area contributed by atoms with Crippen molar-refractivity contribution in [3.63, 3.8) is 0 Å². The number of hydrogen-bond donors (Lipinski definition) is 0. The van der Waals surface area contributed by atoms with Gasteiger partial charge in [0.1, 0.15) is 24.3 Å². The van der Waals surface area contributed by atoms with Gasteiger partial charge in [0.15, 0.2) is 0 Å². The van der Waals surface area contributed by atoms with Crippen molar-refractivity contribution < 1.29 is 0 Å². The first-order valence-electron chi connectivity index (χ1n) is 1.89. The molecular formula is C5H2N4S. The van der Waals surface area contributed by atoms with Gasteiger partial charge in [-0.3, -0.25) is 0 Å². The van der Waals surface area contributed by atoms with Gasteiger partial charge in [0.2, 0.25) is 0 Å². The second-order valence-corrected chi connectivity index (χ2v) is 1.20. The average molecular weight is 150 g/mol. The summed E-state index contributed by atoms with van der Waals surface area (Å²) in [6.45, 7) is 0. The maximum Gasteiger partial charge on any atom is 0.312 e. The molecule has 48 valence electrons. The van der Waals surface area contributed by atoms with E-state index < -0.39 is 5.41 Å². The van der Waals surface area contributed by atoms with Gasteiger partial charge >= 0.3 is 5.41 Å². The molecule has 0 aliphatic rings. The van der Waals surface area contributed by atoms with Crippen LogP contribution in [0.1, 0.15) is 0 Å². The molecule has 0 heterocycles. The Bertz CT molecular complexity index is 206. The van der Waals surface area contributed by atoms with Crippen molar-refractivity contribution >= 4 is 13.5 Å². The SMILES string of the molecule is N#CC(C#N)(C#N)C#N.S. The zero-order chi connectivity index (χ0) is 7.33. The Morgan fingerprint density at radius 3 is 0.900 bits per heavy atom. The number of nitriles is 4. The summed E-state index contributed by atoms with van der Waals surface area (Å²) < 4.78 is 0. The molecule has 0 bridgehead atoms. The summed E-state index contributed by atoms with van der Waals surface area (Å²) in [5.74, 6) is 0. The lowest BCUT2D eigenvalue weighted by Gasteiger charge is -1.89. The van der Waals surface area contributed by atoms with E-state index in [9.17, 15) is 0 Å². The third-order valence-electron chi connectivity index (χ3n) is 0.671. The summed E-state index contributed by atoms with van der Waals surface area (Å²) in [6, 6.07) is 5.12. The fourth-order valence-corrected chi connectivity index (χ4v) is 0.150. The van der Waals surface area contributed by atoms with Crippen LogP contribution in [-0.2, 0) is 0 Å². The Morgan fingerprint density at radius 1 is 0.700 bits per heavy atom. The standard InChI is InChI=1S/C5N4.H2S/c6-1-5(2-7,3-8)4-9;/h;1H2. The van der Waals surface area contributed by atoms with E-state index in [-0.39, 0.29) is 13.5 Å². The average Bonchev–Trinajstić information content (AvgIpc) is 1.95. The van der Waals surface area contributed by atoms with Crippen LogP contribution in [0, 0.1) is 50.7 Å². The lowest BCUT2D eigenvalue weighted by molar-refractivity contribution is 0.893. The highest BCUT2D eigenvalue weighted by Crippen LogP contribution is 2.09. The molecule has 0 aromatic rings. The molecule has 0 amide bonds. The van der Waals surface area contributed by atoms with Gasteiger partial charge in [-0.25, -0.2) is 0 Å². The highest BCUT2D eigenvalue weighted by Gasteiger charge is 2.28. The smallest absolute Gasteiger partial charge is 0.197 e. The lowest BCUT2D eigenvalue weighted by Crippen LogP contribution is -2.08. The van der Waals surface area contributed by atoms with Crippen LogP contribution in [0.3, 0.4) is 0 Å². The Labute approximate surface area is 65.0 Å². The van der Waals surface area contributed by atoms with Gasteiger partial charge in [-0.05, 0) is 0 Å². The summed E-state index contributed by atoms with van der Waals surface area (Å²) in [4.78, 5) is 0. The summed E-state index contributed by atoms with van der Waals surface area (Å²) in [7, 11) is 0. The Hall–Kier alpha value is -1.69. The number of hydrogen-bond acceptors (Lipinski definition) is 4. The third-order valence-corrected chi connectivity index (χ3v) is 0.671. The maximum absolute atomic E-state index is 8.06. The highest BCUT2D eigenvalue weighted by molar-refractivity contribution is 7.59. The van der Waals surface area contributed by atoms with E-state index in [1.807, 2.05) is 0 Å². The fraction of sp³-hybridized carbons (Fsp3) is 0.200. The Morgan fingerprint density at radius 2 is 0.900 bits per heavy atom. The largest absolute Gasteiger partial charge is 0.312 e. The van der Waals surface area contributed by atoms with E-state index >= 15 is 0 Å². The predicted molar refractivity (Wildman–Crippen MR) is 35.3 cm³/mol. The van der Waals surface area contributed by atoms with Gasteiger partial charge in [0.25, 0.3) is 0 Å². The number of nitrogens with zero attached hydrogens (tertiary/aromatic N) is 4. The van der Waals surface area contributed by atoms with E-state index in [0.717, 1.165) is 0 Å². The summed E-state index contributed by atoms with van der Waals surface area (Å²) >= 11 is 0. The molecule has 0 aromatic carbocycles. The topological polar surface area (TPSA) is 95.2 Å². The maximum atomic E-state index is 8.06. The minimum atomic E-state index is -2.11. The highest BCUT2D eigenvalue weighted by atomic mass is 32.1. The summed E-state index contributed by atoms with van der Waals surface area (Å²) in [5.41, 5.74) is -2.11. The quantitative estimate of drug-likeness (QED) is 0.492.